The zero-order valence-electron chi connectivity index (χ0n) is 10.3. The van der Waals surface area contributed by atoms with E-state index in [-0.39, 0.29) is 23.3 Å². The van der Waals surface area contributed by atoms with Crippen LogP contribution in [0.5, 0.6) is 0 Å². The van der Waals surface area contributed by atoms with Gasteiger partial charge >= 0.3 is 0 Å². The quantitative estimate of drug-likeness (QED) is 0.906. The van der Waals surface area contributed by atoms with Crippen molar-refractivity contribution in [2.45, 2.75) is 25.0 Å². The van der Waals surface area contributed by atoms with Gasteiger partial charge in [-0.3, -0.25) is 4.79 Å². The van der Waals surface area contributed by atoms with Crippen molar-refractivity contribution in [2.24, 2.45) is 5.73 Å². The van der Waals surface area contributed by atoms with E-state index in [1.807, 2.05) is 0 Å². The highest BCUT2D eigenvalue weighted by Crippen LogP contribution is 2.24. The smallest absolute Gasteiger partial charge is 0.259 e. The molecule has 0 radical (unpaired) electrons. The van der Waals surface area contributed by atoms with Crippen LogP contribution in [0.2, 0.25) is 5.22 Å². The first-order valence-corrected chi connectivity index (χ1v) is 6.32. The molecular weight excluding hydrogens is 256 g/mol. The van der Waals surface area contributed by atoms with Crippen molar-refractivity contribution in [2.75, 3.05) is 20.2 Å². The van der Waals surface area contributed by atoms with Gasteiger partial charge < -0.3 is 19.8 Å². The van der Waals surface area contributed by atoms with Crippen LogP contribution in [0.15, 0.2) is 16.7 Å². The number of methoxy groups -OCH3 is 1. The molecule has 0 bridgehead atoms. The highest BCUT2D eigenvalue weighted by molar-refractivity contribution is 6.32. The van der Waals surface area contributed by atoms with Crippen LogP contribution in [0.4, 0.5) is 0 Å². The summed E-state index contributed by atoms with van der Waals surface area (Å²) in [6.45, 7) is 1.04. The molecule has 1 amide bonds. The topological polar surface area (TPSA) is 68.7 Å². The minimum absolute atomic E-state index is 0.0119. The summed E-state index contributed by atoms with van der Waals surface area (Å²) in [5, 5.41) is 0.129. The third-order valence-electron chi connectivity index (χ3n) is 3.38. The lowest BCUT2D eigenvalue weighted by Gasteiger charge is -2.38. The molecule has 1 aromatic rings. The number of carbonyl (C=O) groups is 1. The number of piperidine rings is 1. The molecule has 100 valence electrons. The van der Waals surface area contributed by atoms with Gasteiger partial charge in [-0.15, -0.1) is 0 Å². The molecule has 6 heteroatoms. The molecule has 2 atom stereocenters. The predicted octanol–water partition coefficient (Wildman–Crippen LogP) is 1.51. The zero-order chi connectivity index (χ0) is 13.1. The molecular formula is C12H17ClN2O3. The summed E-state index contributed by atoms with van der Waals surface area (Å²) in [5.41, 5.74) is 6.13. The minimum Gasteiger partial charge on any atom is -0.452 e. The van der Waals surface area contributed by atoms with Gasteiger partial charge in [-0.1, -0.05) is 0 Å². The predicted molar refractivity (Wildman–Crippen MR) is 67.6 cm³/mol. The first-order valence-electron chi connectivity index (χ1n) is 5.94. The van der Waals surface area contributed by atoms with Crippen LogP contribution in [-0.2, 0) is 4.74 Å². The molecule has 5 nitrogen and oxygen atoms in total. The van der Waals surface area contributed by atoms with E-state index in [2.05, 4.69) is 0 Å². The van der Waals surface area contributed by atoms with Crippen LogP contribution in [-0.4, -0.2) is 43.2 Å². The summed E-state index contributed by atoms with van der Waals surface area (Å²) in [6.07, 6.45) is 3.15. The number of amides is 1. The maximum atomic E-state index is 12.3. The van der Waals surface area contributed by atoms with Crippen LogP contribution in [0.25, 0.3) is 0 Å². The number of ether oxygens (including phenoxy) is 1. The Labute approximate surface area is 111 Å². The second-order valence-corrected chi connectivity index (χ2v) is 4.72. The third kappa shape index (κ3) is 2.53. The molecule has 2 rings (SSSR count). The van der Waals surface area contributed by atoms with Gasteiger partial charge in [-0.05, 0) is 30.5 Å². The van der Waals surface area contributed by atoms with Crippen LogP contribution in [0.3, 0.4) is 0 Å². The maximum Gasteiger partial charge on any atom is 0.259 e. The number of carbonyl (C=O) groups excluding carboxylic acids is 1. The molecule has 0 aliphatic carbocycles. The van der Waals surface area contributed by atoms with Gasteiger partial charge in [0, 0.05) is 26.2 Å². The van der Waals surface area contributed by atoms with Crippen molar-refractivity contribution in [1.82, 2.24) is 4.90 Å². The number of hydrogen-bond donors (Lipinski definition) is 1. The summed E-state index contributed by atoms with van der Waals surface area (Å²) in [5.74, 6) is -0.126. The zero-order valence-corrected chi connectivity index (χ0v) is 11.0. The SMILES string of the molecule is COC1CCN(C(=O)c2ccoc2Cl)C(CN)C1. The van der Waals surface area contributed by atoms with E-state index in [0.717, 1.165) is 12.8 Å². The Kier molecular flexibility index (Phi) is 4.27. The van der Waals surface area contributed by atoms with E-state index in [1.54, 1.807) is 18.1 Å². The van der Waals surface area contributed by atoms with Gasteiger partial charge in [0.05, 0.1) is 17.9 Å². The van der Waals surface area contributed by atoms with Crippen LogP contribution in [0, 0.1) is 0 Å². The Balaban J connectivity index is 2.13. The highest BCUT2D eigenvalue weighted by Gasteiger charge is 2.32. The summed E-state index contributed by atoms with van der Waals surface area (Å²) in [7, 11) is 1.68. The maximum absolute atomic E-state index is 12.3. The van der Waals surface area contributed by atoms with Crippen LogP contribution in [0.1, 0.15) is 23.2 Å². The second-order valence-electron chi connectivity index (χ2n) is 4.38. The Morgan fingerprint density at radius 2 is 2.50 bits per heavy atom. The normalized spacial score (nSPS) is 24.3. The number of halogens is 1. The Morgan fingerprint density at radius 3 is 3.06 bits per heavy atom. The van der Waals surface area contributed by atoms with E-state index in [1.165, 1.54) is 6.26 Å². The summed E-state index contributed by atoms with van der Waals surface area (Å²) in [4.78, 5) is 14.1. The lowest BCUT2D eigenvalue weighted by molar-refractivity contribution is 0.0139. The average Bonchev–Trinajstić information content (AvgIpc) is 2.83. The van der Waals surface area contributed by atoms with E-state index in [9.17, 15) is 4.79 Å². The lowest BCUT2D eigenvalue weighted by atomic mass is 9.98. The average molecular weight is 273 g/mol. The first kappa shape index (κ1) is 13.4. The molecule has 0 spiro atoms. The van der Waals surface area contributed by atoms with Crippen molar-refractivity contribution < 1.29 is 13.9 Å². The number of nitrogens with two attached hydrogens (primary N) is 1. The van der Waals surface area contributed by atoms with Gasteiger partial charge in [0.15, 0.2) is 0 Å². The molecule has 1 saturated heterocycles. The van der Waals surface area contributed by atoms with Gasteiger partial charge in [0.25, 0.3) is 5.91 Å². The molecule has 2 heterocycles. The second kappa shape index (κ2) is 5.73. The van der Waals surface area contributed by atoms with E-state index >= 15 is 0 Å². The molecule has 1 aromatic heterocycles. The van der Waals surface area contributed by atoms with Crippen molar-refractivity contribution in [1.29, 1.82) is 0 Å². The minimum atomic E-state index is -0.126. The number of hydrogen-bond acceptors (Lipinski definition) is 4. The molecule has 1 aliphatic rings. The monoisotopic (exact) mass is 272 g/mol. The van der Waals surface area contributed by atoms with Gasteiger partial charge in [0.1, 0.15) is 0 Å². The number of furan rings is 1. The number of rotatable bonds is 3. The van der Waals surface area contributed by atoms with Crippen molar-refractivity contribution in [3.8, 4) is 0 Å². The van der Waals surface area contributed by atoms with Gasteiger partial charge in [0.2, 0.25) is 5.22 Å². The fraction of sp³-hybridized carbons (Fsp3) is 0.583. The van der Waals surface area contributed by atoms with Crippen LogP contribution >= 0.6 is 11.6 Å². The third-order valence-corrected chi connectivity index (χ3v) is 3.68. The molecule has 2 N–H and O–H groups in total. The lowest BCUT2D eigenvalue weighted by Crippen LogP contribution is -2.51. The van der Waals surface area contributed by atoms with Gasteiger partial charge in [-0.25, -0.2) is 0 Å². The number of nitrogens with zero attached hydrogens (tertiary/aromatic N) is 1. The van der Waals surface area contributed by atoms with E-state index in [4.69, 9.17) is 26.5 Å². The summed E-state index contributed by atoms with van der Waals surface area (Å²) >= 11 is 5.83. The first-order chi connectivity index (χ1) is 8.67. The van der Waals surface area contributed by atoms with Crippen molar-refractivity contribution in [3.63, 3.8) is 0 Å². The van der Waals surface area contributed by atoms with Crippen LogP contribution < -0.4 is 5.73 Å². The molecule has 1 aliphatic heterocycles. The molecule has 1 fully saturated rings. The Bertz CT molecular complexity index is 421. The number of likely N-dealkylation sites (tertiary alicyclic amines) is 1. The molecule has 0 saturated carbocycles. The molecule has 0 aromatic carbocycles. The molecule has 18 heavy (non-hydrogen) atoms. The fourth-order valence-electron chi connectivity index (χ4n) is 2.32. The Hall–Kier alpha value is -1.04. The standard InChI is InChI=1S/C12H17ClN2O3/c1-17-9-2-4-15(8(6-9)7-14)12(16)10-3-5-18-11(10)13/h3,5,8-9H,2,4,6-7,14H2,1H3. The van der Waals surface area contributed by atoms with Crippen molar-refractivity contribution in [3.05, 3.63) is 23.1 Å². The Morgan fingerprint density at radius 1 is 1.72 bits per heavy atom. The summed E-state index contributed by atoms with van der Waals surface area (Å²) < 4.78 is 10.3. The summed E-state index contributed by atoms with van der Waals surface area (Å²) in [6, 6.07) is 1.57. The fourth-order valence-corrected chi connectivity index (χ4v) is 2.52. The van der Waals surface area contributed by atoms with Gasteiger partial charge in [-0.2, -0.15) is 0 Å². The van der Waals surface area contributed by atoms with E-state index in [0.29, 0.717) is 18.7 Å². The highest BCUT2D eigenvalue weighted by atomic mass is 35.5. The molecule has 2 unspecified atom stereocenters. The van der Waals surface area contributed by atoms with Crippen molar-refractivity contribution >= 4 is 17.5 Å². The van der Waals surface area contributed by atoms with E-state index < -0.39 is 0 Å². The largest absolute Gasteiger partial charge is 0.452 e.